The molecule has 0 unspecified atom stereocenters. The zero-order valence-electron chi connectivity index (χ0n) is 15.7. The van der Waals surface area contributed by atoms with Crippen LogP contribution >= 0.6 is 11.6 Å². The van der Waals surface area contributed by atoms with Crippen LogP contribution in [0, 0.1) is 5.82 Å². The number of rotatable bonds is 4. The van der Waals surface area contributed by atoms with Crippen LogP contribution in [0.4, 0.5) is 4.39 Å². The molecular weight excluding hydrogens is 379 g/mol. The number of benzene rings is 2. The van der Waals surface area contributed by atoms with Gasteiger partial charge in [0.15, 0.2) is 0 Å². The maximum Gasteiger partial charge on any atom is 0.257 e. The predicted molar refractivity (Wildman–Crippen MR) is 107 cm³/mol. The molecule has 4 nitrogen and oxygen atoms in total. The monoisotopic (exact) mass is 402 g/mol. The van der Waals surface area contributed by atoms with Crippen molar-refractivity contribution in [2.75, 3.05) is 32.8 Å². The second kappa shape index (κ2) is 8.60. The molecule has 6 heteroatoms. The Morgan fingerprint density at radius 1 is 1.11 bits per heavy atom. The fourth-order valence-corrected chi connectivity index (χ4v) is 4.35. The molecule has 2 aliphatic heterocycles. The van der Waals surface area contributed by atoms with Gasteiger partial charge in [-0.1, -0.05) is 41.9 Å². The number of amides is 1. The third kappa shape index (κ3) is 4.07. The van der Waals surface area contributed by atoms with Gasteiger partial charge in [0.25, 0.3) is 5.91 Å². The van der Waals surface area contributed by atoms with Crippen LogP contribution in [0.25, 0.3) is 0 Å². The Hall–Kier alpha value is -1.95. The second-order valence-electron chi connectivity index (χ2n) is 7.40. The molecular formula is C22H24ClFN2O2. The molecule has 148 valence electrons. The molecule has 0 radical (unpaired) electrons. The van der Waals surface area contributed by atoms with Gasteiger partial charge in [-0.05, 0) is 49.7 Å². The Labute approximate surface area is 169 Å². The first-order chi connectivity index (χ1) is 13.6. The number of likely N-dealkylation sites (tertiary alicyclic amines) is 1. The zero-order valence-corrected chi connectivity index (χ0v) is 16.4. The molecule has 2 aromatic carbocycles. The van der Waals surface area contributed by atoms with Crippen LogP contribution in [0.5, 0.6) is 0 Å². The summed E-state index contributed by atoms with van der Waals surface area (Å²) in [6.07, 6.45) is 2.25. The smallest absolute Gasteiger partial charge is 0.257 e. The van der Waals surface area contributed by atoms with Gasteiger partial charge in [-0.25, -0.2) is 4.39 Å². The van der Waals surface area contributed by atoms with E-state index in [0.29, 0.717) is 13.2 Å². The first kappa shape index (κ1) is 19.4. The summed E-state index contributed by atoms with van der Waals surface area (Å²) in [5, 5.41) is 0.280. The van der Waals surface area contributed by atoms with Crippen LogP contribution in [-0.4, -0.2) is 54.6 Å². The first-order valence-corrected chi connectivity index (χ1v) is 10.2. The second-order valence-corrected chi connectivity index (χ2v) is 7.83. The van der Waals surface area contributed by atoms with E-state index in [1.165, 1.54) is 25.0 Å². The number of ether oxygens (including phenoxy) is 1. The number of hydrogen-bond donors (Lipinski definition) is 0. The third-order valence-electron chi connectivity index (χ3n) is 5.55. The van der Waals surface area contributed by atoms with Crippen molar-refractivity contribution >= 4 is 17.5 Å². The Kier molecular flexibility index (Phi) is 5.95. The summed E-state index contributed by atoms with van der Waals surface area (Å²) < 4.78 is 20.6. The maximum atomic E-state index is 14.4. The van der Waals surface area contributed by atoms with E-state index < -0.39 is 5.82 Å². The van der Waals surface area contributed by atoms with Gasteiger partial charge < -0.3 is 14.5 Å². The van der Waals surface area contributed by atoms with Crippen LogP contribution in [0.3, 0.4) is 0 Å². The maximum absolute atomic E-state index is 14.4. The van der Waals surface area contributed by atoms with Crippen molar-refractivity contribution in [1.82, 2.24) is 9.80 Å². The molecule has 2 atom stereocenters. The predicted octanol–water partition coefficient (Wildman–Crippen LogP) is 4.16. The average Bonchev–Trinajstić information content (AvgIpc) is 3.21. The largest absolute Gasteiger partial charge is 0.373 e. The minimum Gasteiger partial charge on any atom is -0.373 e. The number of hydrogen-bond acceptors (Lipinski definition) is 3. The van der Waals surface area contributed by atoms with Crippen molar-refractivity contribution in [3.8, 4) is 0 Å². The normalized spacial score (nSPS) is 23.1. The molecule has 2 aromatic rings. The summed E-state index contributed by atoms with van der Waals surface area (Å²) in [6.45, 7) is 3.76. The summed E-state index contributed by atoms with van der Waals surface area (Å²) in [5.74, 6) is -0.912. The molecule has 0 bridgehead atoms. The van der Waals surface area contributed by atoms with Crippen molar-refractivity contribution in [3.05, 3.63) is 70.5 Å². The molecule has 28 heavy (non-hydrogen) atoms. The Morgan fingerprint density at radius 2 is 1.86 bits per heavy atom. The fraction of sp³-hybridized carbons (Fsp3) is 0.409. The lowest BCUT2D eigenvalue weighted by atomic mass is 9.96. The number of carbonyl (C=O) groups excluding carboxylic acids is 1. The highest BCUT2D eigenvalue weighted by Gasteiger charge is 2.38. The SMILES string of the molecule is O=C(c1ccc(Cl)cc1F)N1CCO[C@@H](CN2CCCC2)[C@@H]1c1ccccc1. The number of carbonyl (C=O) groups is 1. The van der Waals surface area contributed by atoms with Gasteiger partial charge in [-0.2, -0.15) is 0 Å². The molecule has 0 spiro atoms. The van der Waals surface area contributed by atoms with Gasteiger partial charge in [0.05, 0.1) is 24.3 Å². The lowest BCUT2D eigenvalue weighted by Crippen LogP contribution is -2.51. The van der Waals surface area contributed by atoms with Gasteiger partial charge in [-0.15, -0.1) is 0 Å². The Bertz CT molecular complexity index is 827. The van der Waals surface area contributed by atoms with Gasteiger partial charge >= 0.3 is 0 Å². The number of nitrogens with zero attached hydrogens (tertiary/aromatic N) is 2. The number of halogens is 2. The van der Waals surface area contributed by atoms with Crippen molar-refractivity contribution in [3.63, 3.8) is 0 Å². The lowest BCUT2D eigenvalue weighted by molar-refractivity contribution is -0.0708. The molecule has 2 aliphatic rings. The highest BCUT2D eigenvalue weighted by atomic mass is 35.5. The Morgan fingerprint density at radius 3 is 2.57 bits per heavy atom. The topological polar surface area (TPSA) is 32.8 Å². The van der Waals surface area contributed by atoms with Crippen molar-refractivity contribution < 1.29 is 13.9 Å². The quantitative estimate of drug-likeness (QED) is 0.769. The highest BCUT2D eigenvalue weighted by Crippen LogP contribution is 2.32. The van der Waals surface area contributed by atoms with Crippen LogP contribution in [0.2, 0.25) is 5.02 Å². The highest BCUT2D eigenvalue weighted by molar-refractivity contribution is 6.30. The third-order valence-corrected chi connectivity index (χ3v) is 5.79. The van der Waals surface area contributed by atoms with E-state index in [0.717, 1.165) is 25.2 Å². The molecule has 4 rings (SSSR count). The zero-order chi connectivity index (χ0) is 19.5. The summed E-state index contributed by atoms with van der Waals surface area (Å²) in [6, 6.07) is 13.8. The average molecular weight is 403 g/mol. The van der Waals surface area contributed by atoms with Gasteiger partial charge in [0, 0.05) is 18.1 Å². The fourth-order valence-electron chi connectivity index (χ4n) is 4.20. The summed E-state index contributed by atoms with van der Waals surface area (Å²) in [7, 11) is 0. The van der Waals surface area contributed by atoms with Crippen LogP contribution in [0.1, 0.15) is 34.8 Å². The Balaban J connectivity index is 1.66. The van der Waals surface area contributed by atoms with Gasteiger partial charge in [0.1, 0.15) is 5.82 Å². The van der Waals surface area contributed by atoms with E-state index in [1.54, 1.807) is 11.0 Å². The van der Waals surface area contributed by atoms with Gasteiger partial charge in [-0.3, -0.25) is 4.79 Å². The van der Waals surface area contributed by atoms with Crippen LogP contribution in [0.15, 0.2) is 48.5 Å². The minimum atomic E-state index is -0.591. The molecule has 2 heterocycles. The van der Waals surface area contributed by atoms with E-state index >= 15 is 0 Å². The van der Waals surface area contributed by atoms with Crippen LogP contribution in [-0.2, 0) is 4.74 Å². The van der Waals surface area contributed by atoms with Crippen molar-refractivity contribution in [2.24, 2.45) is 0 Å². The molecule has 0 aliphatic carbocycles. The van der Waals surface area contributed by atoms with E-state index in [-0.39, 0.29) is 28.6 Å². The minimum absolute atomic E-state index is 0.0483. The number of morpholine rings is 1. The van der Waals surface area contributed by atoms with Crippen molar-refractivity contribution in [1.29, 1.82) is 0 Å². The molecule has 2 saturated heterocycles. The lowest BCUT2D eigenvalue weighted by Gasteiger charge is -2.42. The summed E-state index contributed by atoms with van der Waals surface area (Å²) in [5.41, 5.74) is 1.06. The van der Waals surface area contributed by atoms with Crippen molar-refractivity contribution in [2.45, 2.75) is 25.0 Å². The molecule has 0 saturated carbocycles. The standard InChI is InChI=1S/C22H24ClFN2O2/c23-17-8-9-18(19(24)14-17)22(27)26-12-13-28-20(15-25-10-4-5-11-25)21(26)16-6-2-1-3-7-16/h1-3,6-9,14,20-21H,4-5,10-13,15H2/t20-,21-/m0/s1. The van der Waals surface area contributed by atoms with Gasteiger partial charge in [0.2, 0.25) is 0 Å². The molecule has 2 fully saturated rings. The first-order valence-electron chi connectivity index (χ1n) is 9.78. The molecule has 0 aromatic heterocycles. The molecule has 1 amide bonds. The van der Waals surface area contributed by atoms with Crippen LogP contribution < -0.4 is 0 Å². The van der Waals surface area contributed by atoms with E-state index in [2.05, 4.69) is 4.90 Å². The van der Waals surface area contributed by atoms with E-state index in [4.69, 9.17) is 16.3 Å². The molecule has 0 N–H and O–H groups in total. The summed E-state index contributed by atoms with van der Waals surface area (Å²) in [4.78, 5) is 17.4. The van der Waals surface area contributed by atoms with E-state index in [9.17, 15) is 9.18 Å². The van der Waals surface area contributed by atoms with E-state index in [1.807, 2.05) is 30.3 Å². The summed E-state index contributed by atoms with van der Waals surface area (Å²) >= 11 is 5.86.